The summed E-state index contributed by atoms with van der Waals surface area (Å²) < 4.78 is 5.03. The number of nitrogens with two attached hydrogens (primary N) is 1. The first-order chi connectivity index (χ1) is 6.08. The summed E-state index contributed by atoms with van der Waals surface area (Å²) in [4.78, 5) is 10.7. The molecular weight excluding hydrogens is 190 g/mol. The Bertz CT molecular complexity index is 228. The van der Waals surface area contributed by atoms with Crippen molar-refractivity contribution in [2.45, 2.75) is 12.0 Å². The monoisotopic (exact) mass is 203 g/mol. The third kappa shape index (κ3) is 2.53. The Morgan fingerprint density at radius 2 is 2.31 bits per heavy atom. The second-order valence-corrected chi connectivity index (χ2v) is 3.53. The van der Waals surface area contributed by atoms with Gasteiger partial charge in [0.25, 0.3) is 0 Å². The Hall–Kier alpha value is -0.880. The average molecular weight is 203 g/mol. The molecular formula is C7H13N3O2S. The summed E-state index contributed by atoms with van der Waals surface area (Å²) in [5.41, 5.74) is 4.72. The van der Waals surface area contributed by atoms with E-state index in [9.17, 15) is 4.79 Å². The number of primary amides is 1. The lowest BCUT2D eigenvalue weighted by molar-refractivity contribution is -0.126. The maximum atomic E-state index is 10.7. The molecule has 0 radical (unpaired) electrons. The van der Waals surface area contributed by atoms with E-state index >= 15 is 0 Å². The summed E-state index contributed by atoms with van der Waals surface area (Å²) in [6, 6.07) is 0. The Balaban J connectivity index is 2.49. The third-order valence-electron chi connectivity index (χ3n) is 1.88. The molecule has 1 rings (SSSR count). The molecule has 74 valence electrons. The molecule has 1 saturated heterocycles. The van der Waals surface area contributed by atoms with E-state index < -0.39 is 0 Å². The predicted molar refractivity (Wildman–Crippen MR) is 52.2 cm³/mol. The van der Waals surface area contributed by atoms with E-state index in [0.29, 0.717) is 18.3 Å². The van der Waals surface area contributed by atoms with Gasteiger partial charge in [-0.15, -0.1) is 0 Å². The quantitative estimate of drug-likeness (QED) is 0.498. The summed E-state index contributed by atoms with van der Waals surface area (Å²) in [5.74, 6) is -0.352. The van der Waals surface area contributed by atoms with Crippen LogP contribution in [0.4, 0.5) is 0 Å². The van der Waals surface area contributed by atoms with Gasteiger partial charge in [0.15, 0.2) is 5.11 Å². The average Bonchev–Trinajstić information content (AvgIpc) is 1.99. The maximum absolute atomic E-state index is 10.7. The fourth-order valence-corrected chi connectivity index (χ4v) is 1.42. The van der Waals surface area contributed by atoms with Crippen LogP contribution in [0, 0.1) is 0 Å². The van der Waals surface area contributed by atoms with Crippen molar-refractivity contribution in [3.05, 3.63) is 0 Å². The highest BCUT2D eigenvalue weighted by Crippen LogP contribution is 2.20. The highest BCUT2D eigenvalue weighted by atomic mass is 32.1. The zero-order valence-corrected chi connectivity index (χ0v) is 8.24. The lowest BCUT2D eigenvalue weighted by Gasteiger charge is -2.41. The van der Waals surface area contributed by atoms with Gasteiger partial charge in [0.2, 0.25) is 5.91 Å². The molecule has 6 heteroatoms. The molecule has 0 aliphatic carbocycles. The number of rotatable bonds is 3. The van der Waals surface area contributed by atoms with Gasteiger partial charge >= 0.3 is 0 Å². The minimum Gasteiger partial charge on any atom is -0.376 e. The zero-order valence-electron chi connectivity index (χ0n) is 7.42. The van der Waals surface area contributed by atoms with Crippen LogP contribution in [-0.2, 0) is 9.53 Å². The molecule has 0 spiro atoms. The van der Waals surface area contributed by atoms with Gasteiger partial charge in [-0.1, -0.05) is 0 Å². The molecule has 1 aliphatic rings. The molecule has 0 saturated carbocycles. The minimum atomic E-state index is -0.383. The first kappa shape index (κ1) is 10.2. The number of carbonyl (C=O) groups is 1. The molecule has 13 heavy (non-hydrogen) atoms. The predicted octanol–water partition coefficient (Wildman–Crippen LogP) is -1.28. The minimum absolute atomic E-state index is 0.245. The topological polar surface area (TPSA) is 76.4 Å². The normalized spacial score (nSPS) is 18.5. The number of nitrogens with one attached hydrogen (secondary N) is 2. The van der Waals surface area contributed by atoms with Crippen molar-refractivity contribution in [3.63, 3.8) is 0 Å². The summed E-state index contributed by atoms with van der Waals surface area (Å²) in [6.07, 6.45) is 0.245. The van der Waals surface area contributed by atoms with Crippen molar-refractivity contribution in [3.8, 4) is 0 Å². The summed E-state index contributed by atoms with van der Waals surface area (Å²) in [5, 5.41) is 6.28. The number of hydrogen-bond donors (Lipinski definition) is 3. The standard InChI is InChI=1S/C7H13N3O2S/c1-9-6(13)10-7(2-5(8)11)3-12-4-7/h2-4H2,1H3,(H2,8,11)(H2,9,10,13). The van der Waals surface area contributed by atoms with Gasteiger partial charge in [0.1, 0.15) is 0 Å². The summed E-state index contributed by atoms with van der Waals surface area (Å²) in [6.45, 7) is 0.940. The second kappa shape index (κ2) is 3.89. The van der Waals surface area contributed by atoms with E-state index in [0.717, 1.165) is 0 Å². The van der Waals surface area contributed by atoms with E-state index in [1.807, 2.05) is 0 Å². The Labute approximate surface area is 82.0 Å². The van der Waals surface area contributed by atoms with Crippen LogP contribution in [0.5, 0.6) is 0 Å². The van der Waals surface area contributed by atoms with E-state index in [-0.39, 0.29) is 17.9 Å². The van der Waals surface area contributed by atoms with E-state index in [2.05, 4.69) is 10.6 Å². The maximum Gasteiger partial charge on any atom is 0.219 e. The number of carbonyl (C=O) groups excluding carboxylic acids is 1. The Morgan fingerprint density at radius 1 is 1.69 bits per heavy atom. The number of thiocarbonyl (C=S) groups is 1. The number of hydrogen-bond acceptors (Lipinski definition) is 3. The van der Waals surface area contributed by atoms with Crippen molar-refractivity contribution in [2.24, 2.45) is 5.73 Å². The van der Waals surface area contributed by atoms with Crippen LogP contribution in [0.2, 0.25) is 0 Å². The van der Waals surface area contributed by atoms with Crippen molar-refractivity contribution in [1.29, 1.82) is 0 Å². The summed E-state index contributed by atoms with van der Waals surface area (Å²) in [7, 11) is 1.72. The lowest BCUT2D eigenvalue weighted by atomic mass is 9.93. The largest absolute Gasteiger partial charge is 0.376 e. The second-order valence-electron chi connectivity index (χ2n) is 3.12. The van der Waals surface area contributed by atoms with Gasteiger partial charge in [-0.2, -0.15) is 0 Å². The van der Waals surface area contributed by atoms with Crippen LogP contribution in [0.25, 0.3) is 0 Å². The van der Waals surface area contributed by atoms with E-state index in [1.165, 1.54) is 0 Å². The van der Waals surface area contributed by atoms with Gasteiger partial charge in [0.05, 0.1) is 25.2 Å². The zero-order chi connectivity index (χ0) is 9.90. The van der Waals surface area contributed by atoms with Gasteiger partial charge < -0.3 is 21.1 Å². The molecule has 0 bridgehead atoms. The molecule has 1 aliphatic heterocycles. The van der Waals surface area contributed by atoms with Crippen molar-refractivity contribution < 1.29 is 9.53 Å². The fraction of sp³-hybridized carbons (Fsp3) is 0.714. The number of amides is 1. The molecule has 1 fully saturated rings. The van der Waals surface area contributed by atoms with Crippen molar-refractivity contribution >= 4 is 23.2 Å². The molecule has 1 heterocycles. The Kier molecular flexibility index (Phi) is 3.05. The van der Waals surface area contributed by atoms with E-state index in [1.54, 1.807) is 7.05 Å². The van der Waals surface area contributed by atoms with Crippen LogP contribution >= 0.6 is 12.2 Å². The molecule has 0 unspecified atom stereocenters. The molecule has 0 aromatic carbocycles. The van der Waals surface area contributed by atoms with E-state index in [4.69, 9.17) is 22.7 Å². The molecule has 0 aromatic rings. The van der Waals surface area contributed by atoms with Crippen LogP contribution in [0.1, 0.15) is 6.42 Å². The Morgan fingerprint density at radius 3 is 2.62 bits per heavy atom. The molecule has 4 N–H and O–H groups in total. The fourth-order valence-electron chi connectivity index (χ4n) is 1.20. The van der Waals surface area contributed by atoms with Crippen molar-refractivity contribution in [1.82, 2.24) is 10.6 Å². The molecule has 1 amide bonds. The highest BCUT2D eigenvalue weighted by Gasteiger charge is 2.40. The molecule has 5 nitrogen and oxygen atoms in total. The summed E-state index contributed by atoms with van der Waals surface area (Å²) >= 11 is 4.93. The number of ether oxygens (including phenoxy) is 1. The molecule has 0 atom stereocenters. The third-order valence-corrected chi connectivity index (χ3v) is 2.18. The van der Waals surface area contributed by atoms with Crippen LogP contribution in [-0.4, -0.2) is 36.8 Å². The van der Waals surface area contributed by atoms with Crippen LogP contribution in [0.15, 0.2) is 0 Å². The smallest absolute Gasteiger partial charge is 0.219 e. The van der Waals surface area contributed by atoms with Gasteiger partial charge in [-0.3, -0.25) is 4.79 Å². The first-order valence-electron chi connectivity index (χ1n) is 3.94. The first-order valence-corrected chi connectivity index (χ1v) is 4.35. The molecule has 0 aromatic heterocycles. The SMILES string of the molecule is CNC(=S)NC1(CC(N)=O)COC1. The van der Waals surface area contributed by atoms with Gasteiger partial charge in [-0.05, 0) is 12.2 Å². The van der Waals surface area contributed by atoms with Gasteiger partial charge in [-0.25, -0.2) is 0 Å². The van der Waals surface area contributed by atoms with Crippen LogP contribution < -0.4 is 16.4 Å². The van der Waals surface area contributed by atoms with Crippen LogP contribution in [0.3, 0.4) is 0 Å². The van der Waals surface area contributed by atoms with Gasteiger partial charge in [0, 0.05) is 7.05 Å². The van der Waals surface area contributed by atoms with Crippen molar-refractivity contribution in [2.75, 3.05) is 20.3 Å². The lowest BCUT2D eigenvalue weighted by Crippen LogP contribution is -2.64. The highest BCUT2D eigenvalue weighted by molar-refractivity contribution is 7.80.